The Balaban J connectivity index is 1.85. The van der Waals surface area contributed by atoms with Crippen molar-refractivity contribution in [3.8, 4) is 0 Å². The van der Waals surface area contributed by atoms with E-state index >= 15 is 0 Å². The lowest BCUT2D eigenvalue weighted by molar-refractivity contribution is -0.414. The van der Waals surface area contributed by atoms with Gasteiger partial charge in [-0.15, -0.1) is 0 Å². The van der Waals surface area contributed by atoms with Crippen molar-refractivity contribution in [3.05, 3.63) is 68.5 Å². The lowest BCUT2D eigenvalue weighted by Gasteiger charge is -2.18. The van der Waals surface area contributed by atoms with Crippen molar-refractivity contribution in [2.75, 3.05) is 13.1 Å². The topological polar surface area (TPSA) is 84.8 Å². The first kappa shape index (κ1) is 16.2. The predicted octanol–water partition coefficient (Wildman–Crippen LogP) is 3.17. The second-order valence-electron chi connectivity index (χ2n) is 5.35. The molecule has 1 aliphatic heterocycles. The molecule has 0 N–H and O–H groups in total. The van der Waals surface area contributed by atoms with Crippen LogP contribution < -0.4 is 0 Å². The molecule has 7 nitrogen and oxygen atoms in total. The van der Waals surface area contributed by atoms with Gasteiger partial charge in [0.2, 0.25) is 5.84 Å². The molecule has 0 bridgehead atoms. The third-order valence-electron chi connectivity index (χ3n) is 3.56. The number of rotatable bonds is 5. The molecule has 1 aliphatic rings. The number of furan rings is 1. The molecule has 3 rings (SSSR count). The van der Waals surface area contributed by atoms with Gasteiger partial charge in [-0.05, 0) is 30.7 Å². The average molecular weight is 347 g/mol. The van der Waals surface area contributed by atoms with E-state index in [0.29, 0.717) is 42.1 Å². The van der Waals surface area contributed by atoms with Crippen LogP contribution in [0.25, 0.3) is 6.08 Å². The van der Waals surface area contributed by atoms with E-state index in [1.54, 1.807) is 31.3 Å². The number of nitro groups is 1. The second-order valence-corrected chi connectivity index (χ2v) is 5.74. The summed E-state index contributed by atoms with van der Waals surface area (Å²) in [7, 11) is 0. The van der Waals surface area contributed by atoms with Crippen LogP contribution in [0, 0.1) is 17.0 Å². The molecule has 3 heterocycles. The minimum atomic E-state index is -0.435. The van der Waals surface area contributed by atoms with E-state index < -0.39 is 4.92 Å². The molecule has 124 valence electrons. The van der Waals surface area contributed by atoms with Gasteiger partial charge in [0.05, 0.1) is 17.5 Å². The highest BCUT2D eigenvalue weighted by Gasteiger charge is 2.29. The molecule has 0 spiro atoms. The molecule has 0 radical (unpaired) electrons. The molecule has 0 aromatic carbocycles. The Bertz CT molecular complexity index is 811. The van der Waals surface area contributed by atoms with Crippen molar-refractivity contribution in [1.29, 1.82) is 0 Å². The monoisotopic (exact) mass is 346 g/mol. The maximum absolute atomic E-state index is 11.5. The molecule has 24 heavy (non-hydrogen) atoms. The number of aliphatic imine (C=N–C) groups is 1. The van der Waals surface area contributed by atoms with Crippen LogP contribution in [0.1, 0.15) is 17.1 Å². The fraction of sp³-hybridized carbons (Fsp3) is 0.250. The summed E-state index contributed by atoms with van der Waals surface area (Å²) in [5.41, 5.74) is 0.828. The molecule has 0 aliphatic carbocycles. The summed E-state index contributed by atoms with van der Waals surface area (Å²) in [5.74, 6) is 1.48. The molecule has 8 heteroatoms. The SMILES string of the molecule is Cc1ccc(/C=C(/C2=NCCN2Cc2ccc(Cl)nc2)[N+](=O)[O-])o1. The van der Waals surface area contributed by atoms with Gasteiger partial charge < -0.3 is 9.32 Å². The van der Waals surface area contributed by atoms with Gasteiger partial charge in [-0.25, -0.2) is 4.98 Å². The van der Waals surface area contributed by atoms with E-state index in [1.807, 2.05) is 11.0 Å². The average Bonchev–Trinajstić information content (AvgIpc) is 3.16. The van der Waals surface area contributed by atoms with Gasteiger partial charge in [-0.3, -0.25) is 15.1 Å². The summed E-state index contributed by atoms with van der Waals surface area (Å²) in [6.07, 6.45) is 3.06. The van der Waals surface area contributed by atoms with Crippen LogP contribution in [-0.4, -0.2) is 33.7 Å². The van der Waals surface area contributed by atoms with Crippen molar-refractivity contribution in [2.24, 2.45) is 4.99 Å². The molecule has 2 aromatic rings. The number of aromatic nitrogens is 1. The summed E-state index contributed by atoms with van der Waals surface area (Å²) < 4.78 is 5.41. The van der Waals surface area contributed by atoms with Crippen molar-refractivity contribution in [3.63, 3.8) is 0 Å². The van der Waals surface area contributed by atoms with Crippen LogP contribution in [-0.2, 0) is 6.54 Å². The lowest BCUT2D eigenvalue weighted by Crippen LogP contribution is -2.30. The highest BCUT2D eigenvalue weighted by atomic mass is 35.5. The maximum Gasteiger partial charge on any atom is 0.314 e. The zero-order valence-electron chi connectivity index (χ0n) is 13.0. The Morgan fingerprint density at radius 1 is 1.46 bits per heavy atom. The molecule has 0 amide bonds. The molecule has 0 atom stereocenters. The molecule has 2 aromatic heterocycles. The van der Waals surface area contributed by atoms with Crippen LogP contribution >= 0.6 is 11.6 Å². The fourth-order valence-electron chi connectivity index (χ4n) is 2.46. The highest BCUT2D eigenvalue weighted by molar-refractivity contribution is 6.29. The Morgan fingerprint density at radius 3 is 2.92 bits per heavy atom. The van der Waals surface area contributed by atoms with E-state index in [1.165, 1.54) is 6.08 Å². The molecular weight excluding hydrogens is 332 g/mol. The Morgan fingerprint density at radius 2 is 2.29 bits per heavy atom. The predicted molar refractivity (Wildman–Crippen MR) is 90.4 cm³/mol. The number of pyridine rings is 1. The first-order valence-corrected chi connectivity index (χ1v) is 7.73. The van der Waals surface area contributed by atoms with Crippen molar-refractivity contribution >= 4 is 23.5 Å². The van der Waals surface area contributed by atoms with Gasteiger partial charge in [-0.2, -0.15) is 0 Å². The van der Waals surface area contributed by atoms with Gasteiger partial charge in [-0.1, -0.05) is 17.7 Å². The quantitative estimate of drug-likeness (QED) is 0.471. The first-order valence-electron chi connectivity index (χ1n) is 7.35. The first-order chi connectivity index (χ1) is 11.5. The van der Waals surface area contributed by atoms with E-state index in [2.05, 4.69) is 9.98 Å². The number of halogens is 1. The van der Waals surface area contributed by atoms with Gasteiger partial charge >= 0.3 is 5.70 Å². The molecule has 0 fully saturated rings. The summed E-state index contributed by atoms with van der Waals surface area (Å²) in [5, 5.41) is 11.9. The highest BCUT2D eigenvalue weighted by Crippen LogP contribution is 2.19. The van der Waals surface area contributed by atoms with E-state index in [-0.39, 0.29) is 5.70 Å². The maximum atomic E-state index is 11.5. The van der Waals surface area contributed by atoms with Crippen molar-refractivity contribution in [1.82, 2.24) is 9.88 Å². The zero-order valence-corrected chi connectivity index (χ0v) is 13.7. The Hall–Kier alpha value is -2.67. The van der Waals surface area contributed by atoms with Crippen LogP contribution in [0.15, 0.2) is 45.6 Å². The van der Waals surface area contributed by atoms with E-state index in [4.69, 9.17) is 16.0 Å². The number of amidine groups is 1. The van der Waals surface area contributed by atoms with Crippen LogP contribution in [0.5, 0.6) is 0 Å². The van der Waals surface area contributed by atoms with Gasteiger partial charge in [0.25, 0.3) is 0 Å². The van der Waals surface area contributed by atoms with Crippen LogP contribution in [0.3, 0.4) is 0 Å². The van der Waals surface area contributed by atoms with Gasteiger partial charge in [0.1, 0.15) is 16.7 Å². The number of aryl methyl sites for hydroxylation is 1. The summed E-state index contributed by atoms with van der Waals surface area (Å²) >= 11 is 5.78. The third-order valence-corrected chi connectivity index (χ3v) is 3.78. The molecule has 0 unspecified atom stereocenters. The second kappa shape index (κ2) is 6.84. The summed E-state index contributed by atoms with van der Waals surface area (Å²) in [6, 6.07) is 7.00. The number of hydrogen-bond acceptors (Lipinski definition) is 6. The molecular formula is C16H15ClN4O3. The Labute approximate surface area is 143 Å². The van der Waals surface area contributed by atoms with Crippen molar-refractivity contribution in [2.45, 2.75) is 13.5 Å². The Kier molecular flexibility index (Phi) is 4.61. The van der Waals surface area contributed by atoms with E-state index in [0.717, 1.165) is 5.56 Å². The normalized spacial score (nSPS) is 14.8. The summed E-state index contributed by atoms with van der Waals surface area (Å²) in [4.78, 5) is 21.3. The largest absolute Gasteiger partial charge is 0.462 e. The molecule has 0 saturated carbocycles. The minimum absolute atomic E-state index is 0.0798. The number of hydrogen-bond donors (Lipinski definition) is 0. The van der Waals surface area contributed by atoms with Gasteiger partial charge in [0, 0.05) is 19.3 Å². The smallest absolute Gasteiger partial charge is 0.314 e. The van der Waals surface area contributed by atoms with E-state index in [9.17, 15) is 10.1 Å². The van der Waals surface area contributed by atoms with Gasteiger partial charge in [0.15, 0.2) is 0 Å². The van der Waals surface area contributed by atoms with Crippen LogP contribution in [0.4, 0.5) is 0 Å². The summed E-state index contributed by atoms with van der Waals surface area (Å²) in [6.45, 7) is 3.39. The zero-order chi connectivity index (χ0) is 17.1. The fourth-order valence-corrected chi connectivity index (χ4v) is 2.58. The minimum Gasteiger partial charge on any atom is -0.462 e. The standard InChI is InChI=1S/C16H15ClN4O3/c1-11-2-4-13(24-11)8-14(21(22)23)16-18-6-7-20(16)10-12-3-5-15(17)19-9-12/h2-5,8-9H,6-7,10H2,1H3/b14-8-. The van der Waals surface area contributed by atoms with Crippen molar-refractivity contribution < 1.29 is 9.34 Å². The number of nitrogens with zero attached hydrogens (tertiary/aromatic N) is 4. The lowest BCUT2D eigenvalue weighted by atomic mass is 10.2. The molecule has 0 saturated heterocycles. The van der Waals surface area contributed by atoms with Crippen LogP contribution in [0.2, 0.25) is 5.15 Å². The third kappa shape index (κ3) is 3.62.